The third-order valence-electron chi connectivity index (χ3n) is 4.22. The fourth-order valence-electron chi connectivity index (χ4n) is 2.93. The molecule has 1 aliphatic carbocycles. The number of hydrogen-bond donors (Lipinski definition) is 1. The Balaban J connectivity index is 1.64. The first-order valence-corrected chi connectivity index (χ1v) is 8.12. The molecule has 0 radical (unpaired) electrons. The van der Waals surface area contributed by atoms with Crippen molar-refractivity contribution in [2.75, 3.05) is 0 Å². The molecule has 0 spiro atoms. The first kappa shape index (κ1) is 13.7. The Morgan fingerprint density at radius 2 is 2.30 bits per heavy atom. The molecule has 2 heterocycles. The summed E-state index contributed by atoms with van der Waals surface area (Å²) < 4.78 is 0. The third kappa shape index (κ3) is 2.91. The fraction of sp³-hybridized carbons (Fsp3) is 0.500. The van der Waals surface area contributed by atoms with Crippen molar-refractivity contribution in [2.24, 2.45) is 5.41 Å². The Bertz CT molecular complexity index is 562. The summed E-state index contributed by atoms with van der Waals surface area (Å²) in [4.78, 5) is 9.03. The molecule has 0 saturated heterocycles. The minimum absolute atomic E-state index is 0.417. The zero-order chi connectivity index (χ0) is 14.0. The van der Waals surface area contributed by atoms with Gasteiger partial charge in [-0.2, -0.15) is 0 Å². The largest absolute Gasteiger partial charge is 0.308 e. The molecule has 2 aromatic heterocycles. The second-order valence-electron chi connectivity index (χ2n) is 6.17. The van der Waals surface area contributed by atoms with Crippen LogP contribution in [0.3, 0.4) is 0 Å². The van der Waals surface area contributed by atoms with E-state index in [4.69, 9.17) is 0 Å². The first-order valence-electron chi connectivity index (χ1n) is 7.24. The lowest BCUT2D eigenvalue weighted by Gasteiger charge is -2.27. The maximum absolute atomic E-state index is 4.68. The van der Waals surface area contributed by atoms with Gasteiger partial charge in [-0.1, -0.05) is 26.3 Å². The summed E-state index contributed by atoms with van der Waals surface area (Å²) >= 11 is 1.67. The minimum Gasteiger partial charge on any atom is -0.308 e. The summed E-state index contributed by atoms with van der Waals surface area (Å²) in [6, 6.07) is 6.56. The Kier molecular flexibility index (Phi) is 3.85. The maximum Gasteiger partial charge on any atom is 0.142 e. The quantitative estimate of drug-likeness (QED) is 0.927. The van der Waals surface area contributed by atoms with E-state index in [1.165, 1.54) is 19.3 Å². The van der Waals surface area contributed by atoms with Crippen molar-refractivity contribution in [3.05, 3.63) is 35.5 Å². The van der Waals surface area contributed by atoms with E-state index in [1.807, 2.05) is 24.4 Å². The predicted octanol–water partition coefficient (Wildman–Crippen LogP) is 3.87. The van der Waals surface area contributed by atoms with E-state index in [-0.39, 0.29) is 0 Å². The fourth-order valence-corrected chi connectivity index (χ4v) is 3.72. The lowest BCUT2D eigenvalue weighted by Crippen LogP contribution is -2.37. The van der Waals surface area contributed by atoms with Gasteiger partial charge in [0.2, 0.25) is 0 Å². The monoisotopic (exact) mass is 287 g/mol. The van der Waals surface area contributed by atoms with Crippen molar-refractivity contribution < 1.29 is 0 Å². The van der Waals surface area contributed by atoms with Crippen molar-refractivity contribution in [2.45, 2.75) is 45.7 Å². The topological polar surface area (TPSA) is 37.8 Å². The van der Waals surface area contributed by atoms with Crippen LogP contribution >= 0.6 is 11.3 Å². The molecule has 0 amide bonds. The van der Waals surface area contributed by atoms with Crippen LogP contribution in [0.5, 0.6) is 0 Å². The van der Waals surface area contributed by atoms with Gasteiger partial charge in [0, 0.05) is 24.2 Å². The summed E-state index contributed by atoms with van der Waals surface area (Å²) in [6.07, 6.45) is 5.75. The minimum atomic E-state index is 0.417. The van der Waals surface area contributed by atoms with Crippen LogP contribution in [0.15, 0.2) is 29.8 Å². The van der Waals surface area contributed by atoms with Gasteiger partial charge in [0.05, 0.1) is 11.4 Å². The molecule has 1 aliphatic rings. The predicted molar refractivity (Wildman–Crippen MR) is 83.6 cm³/mol. The van der Waals surface area contributed by atoms with Gasteiger partial charge < -0.3 is 5.32 Å². The Labute approximate surface area is 124 Å². The van der Waals surface area contributed by atoms with Gasteiger partial charge in [-0.3, -0.25) is 4.98 Å². The molecule has 1 saturated carbocycles. The van der Waals surface area contributed by atoms with Gasteiger partial charge in [-0.15, -0.1) is 11.3 Å². The number of thiazole rings is 1. The van der Waals surface area contributed by atoms with E-state index < -0.39 is 0 Å². The summed E-state index contributed by atoms with van der Waals surface area (Å²) in [5.74, 6) is 0. The van der Waals surface area contributed by atoms with Crippen LogP contribution in [-0.4, -0.2) is 16.0 Å². The van der Waals surface area contributed by atoms with Gasteiger partial charge >= 0.3 is 0 Å². The van der Waals surface area contributed by atoms with Gasteiger partial charge in [-0.05, 0) is 30.4 Å². The molecule has 106 valence electrons. The van der Waals surface area contributed by atoms with Gasteiger partial charge in [0.25, 0.3) is 0 Å². The van der Waals surface area contributed by atoms with E-state index in [0.717, 1.165) is 22.9 Å². The molecule has 1 atom stereocenters. The van der Waals surface area contributed by atoms with E-state index in [0.29, 0.717) is 11.5 Å². The normalized spacial score (nSPS) is 21.2. The molecule has 20 heavy (non-hydrogen) atoms. The molecule has 1 unspecified atom stereocenters. The second-order valence-corrected chi connectivity index (χ2v) is 7.03. The van der Waals surface area contributed by atoms with Gasteiger partial charge in [0.15, 0.2) is 0 Å². The highest BCUT2D eigenvalue weighted by Crippen LogP contribution is 2.37. The Hall–Kier alpha value is -1.26. The number of pyridine rings is 1. The lowest BCUT2D eigenvalue weighted by molar-refractivity contribution is 0.282. The van der Waals surface area contributed by atoms with E-state index >= 15 is 0 Å². The molecule has 0 bridgehead atoms. The molecular formula is C16H21N3S. The van der Waals surface area contributed by atoms with Crippen molar-refractivity contribution in [1.82, 2.24) is 15.3 Å². The number of nitrogens with one attached hydrogen (secondary N) is 1. The van der Waals surface area contributed by atoms with E-state index in [1.54, 1.807) is 11.3 Å². The highest BCUT2D eigenvalue weighted by atomic mass is 32.1. The summed E-state index contributed by atoms with van der Waals surface area (Å²) in [6.45, 7) is 5.58. The molecule has 1 fully saturated rings. The third-order valence-corrected chi connectivity index (χ3v) is 5.14. The zero-order valence-electron chi connectivity index (χ0n) is 12.1. The molecule has 4 heteroatoms. The molecule has 0 aromatic carbocycles. The standard InChI is InChI=1S/C16H21N3S/c1-16(2)8-5-7-14(16)18-10-12-11-20-15(19-12)13-6-3-4-9-17-13/h3-4,6,9,11,14,18H,5,7-8,10H2,1-2H3. The van der Waals surface area contributed by atoms with E-state index in [9.17, 15) is 0 Å². The second kappa shape index (κ2) is 5.62. The molecule has 1 N–H and O–H groups in total. The highest BCUT2D eigenvalue weighted by molar-refractivity contribution is 7.13. The maximum atomic E-state index is 4.68. The smallest absolute Gasteiger partial charge is 0.142 e. The van der Waals surface area contributed by atoms with Crippen LogP contribution < -0.4 is 5.32 Å². The zero-order valence-corrected chi connectivity index (χ0v) is 12.9. The van der Waals surface area contributed by atoms with Crippen LogP contribution in [0, 0.1) is 5.41 Å². The molecular weight excluding hydrogens is 266 g/mol. The average Bonchev–Trinajstić information content (AvgIpc) is 3.04. The highest BCUT2D eigenvalue weighted by Gasteiger charge is 2.33. The van der Waals surface area contributed by atoms with Crippen LogP contribution in [-0.2, 0) is 6.54 Å². The summed E-state index contributed by atoms with van der Waals surface area (Å²) in [5.41, 5.74) is 2.50. The van der Waals surface area contributed by atoms with Crippen LogP contribution in [0.1, 0.15) is 38.8 Å². The Morgan fingerprint density at radius 1 is 1.40 bits per heavy atom. The van der Waals surface area contributed by atoms with Crippen molar-refractivity contribution in [1.29, 1.82) is 0 Å². The SMILES string of the molecule is CC1(C)CCCC1NCc1csc(-c2ccccn2)n1. The van der Waals surface area contributed by atoms with Crippen molar-refractivity contribution in [3.8, 4) is 10.7 Å². The van der Waals surface area contributed by atoms with Crippen LogP contribution in [0.4, 0.5) is 0 Å². The molecule has 3 nitrogen and oxygen atoms in total. The lowest BCUT2D eigenvalue weighted by atomic mass is 9.87. The van der Waals surface area contributed by atoms with E-state index in [2.05, 4.69) is 34.5 Å². The van der Waals surface area contributed by atoms with Crippen LogP contribution in [0.25, 0.3) is 10.7 Å². The van der Waals surface area contributed by atoms with Crippen molar-refractivity contribution >= 4 is 11.3 Å². The summed E-state index contributed by atoms with van der Waals surface area (Å²) in [5, 5.41) is 6.82. The van der Waals surface area contributed by atoms with Crippen molar-refractivity contribution in [3.63, 3.8) is 0 Å². The molecule has 3 rings (SSSR count). The molecule has 0 aliphatic heterocycles. The first-order chi connectivity index (χ1) is 9.65. The Morgan fingerprint density at radius 3 is 3.00 bits per heavy atom. The summed E-state index contributed by atoms with van der Waals surface area (Å²) in [7, 11) is 0. The average molecular weight is 287 g/mol. The number of hydrogen-bond acceptors (Lipinski definition) is 4. The van der Waals surface area contributed by atoms with Crippen LogP contribution in [0.2, 0.25) is 0 Å². The van der Waals surface area contributed by atoms with Gasteiger partial charge in [-0.25, -0.2) is 4.98 Å². The number of aromatic nitrogens is 2. The van der Waals surface area contributed by atoms with Gasteiger partial charge in [0.1, 0.15) is 5.01 Å². The molecule has 2 aromatic rings. The number of nitrogens with zero attached hydrogens (tertiary/aromatic N) is 2. The number of rotatable bonds is 4.